The van der Waals surface area contributed by atoms with Crippen molar-refractivity contribution in [2.45, 2.75) is 33.2 Å². The van der Waals surface area contributed by atoms with E-state index in [9.17, 15) is 13.2 Å². The third-order valence-corrected chi connectivity index (χ3v) is 4.45. The second-order valence-corrected chi connectivity index (χ2v) is 6.61. The fraction of sp³-hybridized carbons (Fsp3) is 0.900. The molecule has 17 heavy (non-hydrogen) atoms. The molecule has 0 radical (unpaired) electrons. The number of hydrogen-bond donors (Lipinski definition) is 2. The first-order valence-corrected chi connectivity index (χ1v) is 7.19. The van der Waals surface area contributed by atoms with Crippen molar-refractivity contribution in [3.8, 4) is 0 Å². The Bertz CT molecular complexity index is 380. The molecular weight excluding hydrogens is 244 g/mol. The number of nitrogens with zero attached hydrogens (tertiary/aromatic N) is 1. The van der Waals surface area contributed by atoms with Crippen LogP contribution in [0.3, 0.4) is 0 Å². The second kappa shape index (κ2) is 5.32. The van der Waals surface area contributed by atoms with E-state index in [4.69, 9.17) is 5.11 Å². The summed E-state index contributed by atoms with van der Waals surface area (Å²) in [5.74, 6) is -1.04. The monoisotopic (exact) mass is 264 g/mol. The summed E-state index contributed by atoms with van der Waals surface area (Å²) in [5.41, 5.74) is 0. The van der Waals surface area contributed by atoms with E-state index in [0.717, 1.165) is 4.31 Å². The van der Waals surface area contributed by atoms with Crippen LogP contribution in [0.15, 0.2) is 0 Å². The maximum absolute atomic E-state index is 11.9. The van der Waals surface area contributed by atoms with Gasteiger partial charge >= 0.3 is 5.97 Å². The number of carbonyl (C=O) groups is 1. The fourth-order valence-electron chi connectivity index (χ4n) is 1.90. The Balaban J connectivity index is 2.80. The van der Waals surface area contributed by atoms with Crippen LogP contribution in [0.4, 0.5) is 0 Å². The minimum atomic E-state index is -3.68. The van der Waals surface area contributed by atoms with Crippen LogP contribution in [0.5, 0.6) is 0 Å². The molecule has 0 aliphatic carbocycles. The minimum Gasteiger partial charge on any atom is -0.480 e. The number of hydrogen-bond acceptors (Lipinski definition) is 3. The highest BCUT2D eigenvalue weighted by Crippen LogP contribution is 2.26. The maximum atomic E-state index is 11.9. The molecule has 1 fully saturated rings. The third kappa shape index (κ3) is 3.40. The van der Waals surface area contributed by atoms with E-state index in [1.807, 2.05) is 13.8 Å². The summed E-state index contributed by atoms with van der Waals surface area (Å²) in [6.07, 6.45) is 0.583. The highest BCUT2D eigenvalue weighted by molar-refractivity contribution is 7.87. The van der Waals surface area contributed by atoms with Crippen molar-refractivity contribution in [2.24, 2.45) is 11.8 Å². The van der Waals surface area contributed by atoms with Gasteiger partial charge < -0.3 is 5.11 Å². The SMILES string of the molecule is CC(C)CNS(=O)(=O)N1CCC(C)C1C(=O)O. The first-order chi connectivity index (χ1) is 7.75. The molecule has 6 nitrogen and oxygen atoms in total. The maximum Gasteiger partial charge on any atom is 0.322 e. The van der Waals surface area contributed by atoms with E-state index in [2.05, 4.69) is 4.72 Å². The van der Waals surface area contributed by atoms with Gasteiger partial charge in [0.1, 0.15) is 6.04 Å². The quantitative estimate of drug-likeness (QED) is 0.746. The van der Waals surface area contributed by atoms with Crippen LogP contribution in [0.1, 0.15) is 27.2 Å². The summed E-state index contributed by atoms with van der Waals surface area (Å²) >= 11 is 0. The molecule has 2 N–H and O–H groups in total. The van der Waals surface area contributed by atoms with E-state index >= 15 is 0 Å². The smallest absolute Gasteiger partial charge is 0.322 e. The third-order valence-electron chi connectivity index (χ3n) is 2.89. The summed E-state index contributed by atoms with van der Waals surface area (Å²) < 4.78 is 27.4. The average molecular weight is 264 g/mol. The van der Waals surface area contributed by atoms with Crippen molar-refractivity contribution in [1.82, 2.24) is 9.03 Å². The van der Waals surface area contributed by atoms with Crippen LogP contribution in [0.25, 0.3) is 0 Å². The zero-order valence-corrected chi connectivity index (χ0v) is 11.2. The molecule has 2 unspecified atom stereocenters. The van der Waals surface area contributed by atoms with Crippen LogP contribution in [-0.4, -0.2) is 42.9 Å². The lowest BCUT2D eigenvalue weighted by molar-refractivity contribution is -0.141. The summed E-state index contributed by atoms with van der Waals surface area (Å²) in [6, 6.07) is -0.945. The van der Waals surface area contributed by atoms with E-state index in [1.165, 1.54) is 0 Å². The van der Waals surface area contributed by atoms with Crippen LogP contribution >= 0.6 is 0 Å². The topological polar surface area (TPSA) is 86.7 Å². The number of rotatable bonds is 5. The molecule has 2 atom stereocenters. The molecule has 0 amide bonds. The molecule has 1 saturated heterocycles. The molecule has 1 aliphatic heterocycles. The zero-order valence-electron chi connectivity index (χ0n) is 10.4. The fourth-order valence-corrected chi connectivity index (χ4v) is 3.56. The predicted molar refractivity (Wildman–Crippen MR) is 63.7 cm³/mol. The Morgan fingerprint density at radius 3 is 2.59 bits per heavy atom. The highest BCUT2D eigenvalue weighted by Gasteiger charge is 2.43. The molecule has 1 heterocycles. The van der Waals surface area contributed by atoms with Crippen LogP contribution in [0, 0.1) is 11.8 Å². The minimum absolute atomic E-state index is 0.150. The molecule has 0 aromatic carbocycles. The van der Waals surface area contributed by atoms with Gasteiger partial charge in [-0.3, -0.25) is 4.79 Å². The number of carboxylic acids is 1. The first kappa shape index (κ1) is 14.4. The number of aliphatic carboxylic acids is 1. The molecule has 0 saturated carbocycles. The van der Waals surface area contributed by atoms with Gasteiger partial charge in [0.15, 0.2) is 0 Å². The lowest BCUT2D eigenvalue weighted by Gasteiger charge is -2.23. The lowest BCUT2D eigenvalue weighted by Crippen LogP contribution is -2.48. The molecule has 0 aromatic heterocycles. The molecule has 7 heteroatoms. The second-order valence-electron chi connectivity index (χ2n) is 4.91. The molecule has 100 valence electrons. The van der Waals surface area contributed by atoms with Gasteiger partial charge in [-0.05, 0) is 18.3 Å². The largest absolute Gasteiger partial charge is 0.480 e. The van der Waals surface area contributed by atoms with Crippen molar-refractivity contribution in [3.05, 3.63) is 0 Å². The van der Waals surface area contributed by atoms with Gasteiger partial charge in [0, 0.05) is 13.1 Å². The number of nitrogens with one attached hydrogen (secondary N) is 1. The Hall–Kier alpha value is -0.660. The van der Waals surface area contributed by atoms with Crippen molar-refractivity contribution >= 4 is 16.2 Å². The Kier molecular flexibility index (Phi) is 4.51. The number of carboxylic acid groups (broad SMARTS) is 1. The van der Waals surface area contributed by atoms with Crippen LogP contribution in [-0.2, 0) is 15.0 Å². The standard InChI is InChI=1S/C10H20N2O4S/c1-7(2)6-11-17(15,16)12-5-4-8(3)9(12)10(13)14/h7-9,11H,4-6H2,1-3H3,(H,13,14). The van der Waals surface area contributed by atoms with Gasteiger partial charge in [0.25, 0.3) is 10.2 Å². The lowest BCUT2D eigenvalue weighted by atomic mass is 10.0. The van der Waals surface area contributed by atoms with Gasteiger partial charge in [-0.15, -0.1) is 0 Å². The summed E-state index contributed by atoms with van der Waals surface area (Å²) in [6.45, 7) is 6.13. The van der Waals surface area contributed by atoms with Gasteiger partial charge in [-0.2, -0.15) is 12.7 Å². The van der Waals surface area contributed by atoms with Gasteiger partial charge in [-0.25, -0.2) is 4.72 Å². The average Bonchev–Trinajstić information content (AvgIpc) is 2.58. The van der Waals surface area contributed by atoms with Gasteiger partial charge in [-0.1, -0.05) is 20.8 Å². The molecule has 0 spiro atoms. The van der Waals surface area contributed by atoms with Gasteiger partial charge in [0.05, 0.1) is 0 Å². The van der Waals surface area contributed by atoms with Crippen molar-refractivity contribution in [3.63, 3.8) is 0 Å². The molecule has 1 aliphatic rings. The first-order valence-electron chi connectivity index (χ1n) is 5.75. The normalized spacial score (nSPS) is 26.6. The summed E-state index contributed by atoms with van der Waals surface area (Å²) in [5, 5.41) is 9.06. The van der Waals surface area contributed by atoms with Crippen LogP contribution in [0.2, 0.25) is 0 Å². The van der Waals surface area contributed by atoms with E-state index in [1.54, 1.807) is 6.92 Å². The molecule has 0 aromatic rings. The van der Waals surface area contributed by atoms with Crippen LogP contribution < -0.4 is 4.72 Å². The molecule has 0 bridgehead atoms. The Morgan fingerprint density at radius 2 is 2.12 bits per heavy atom. The summed E-state index contributed by atoms with van der Waals surface area (Å²) in [4.78, 5) is 11.1. The van der Waals surface area contributed by atoms with Gasteiger partial charge in [0.2, 0.25) is 0 Å². The molecule has 1 rings (SSSR count). The highest BCUT2D eigenvalue weighted by atomic mass is 32.2. The van der Waals surface area contributed by atoms with E-state index in [-0.39, 0.29) is 18.4 Å². The van der Waals surface area contributed by atoms with Crippen molar-refractivity contribution in [2.75, 3.05) is 13.1 Å². The Morgan fingerprint density at radius 1 is 1.53 bits per heavy atom. The van der Waals surface area contributed by atoms with E-state index in [0.29, 0.717) is 13.0 Å². The zero-order chi connectivity index (χ0) is 13.2. The van der Waals surface area contributed by atoms with Crippen molar-refractivity contribution in [1.29, 1.82) is 0 Å². The summed E-state index contributed by atoms with van der Waals surface area (Å²) in [7, 11) is -3.68. The molecular formula is C10H20N2O4S. The Labute approximate surface area is 102 Å². The van der Waals surface area contributed by atoms with Crippen molar-refractivity contribution < 1.29 is 18.3 Å². The predicted octanol–water partition coefficient (Wildman–Crippen LogP) is 0.272. The van der Waals surface area contributed by atoms with E-state index < -0.39 is 22.2 Å².